The smallest absolute Gasteiger partial charge is 0.324 e. The second kappa shape index (κ2) is 16.4. The fourth-order valence-electron chi connectivity index (χ4n) is 10.4. The van der Waals surface area contributed by atoms with Gasteiger partial charge in [0.05, 0.1) is 36.7 Å². The number of nitrogens with zero attached hydrogens (tertiary/aromatic N) is 5. The Morgan fingerprint density at radius 2 is 1.51 bits per heavy atom. The van der Waals surface area contributed by atoms with Gasteiger partial charge in [0.15, 0.2) is 0 Å². The third-order valence-electron chi connectivity index (χ3n) is 13.2. The molecule has 2 amide bonds. The number of fused-ring (bicyclic) bond motifs is 4. The number of para-hydroxylation sites is 1. The summed E-state index contributed by atoms with van der Waals surface area (Å²) in [6.45, 7) is 3.01. The maximum absolute atomic E-state index is 15.6. The Morgan fingerprint density at radius 1 is 0.800 bits per heavy atom. The average Bonchev–Trinajstić information content (AvgIpc) is 4.00. The van der Waals surface area contributed by atoms with E-state index in [4.69, 9.17) is 9.47 Å². The van der Waals surface area contributed by atoms with Crippen LogP contribution in [0.5, 0.6) is 5.75 Å². The number of aromatic nitrogens is 3. The molecule has 0 bridgehead atoms. The van der Waals surface area contributed by atoms with Gasteiger partial charge in [-0.1, -0.05) is 102 Å². The summed E-state index contributed by atoms with van der Waals surface area (Å²) in [6.07, 6.45) is -0.817. The lowest BCUT2D eigenvalue weighted by Gasteiger charge is -2.46. The van der Waals surface area contributed by atoms with Gasteiger partial charge in [0.1, 0.15) is 35.4 Å². The van der Waals surface area contributed by atoms with E-state index < -0.39 is 53.3 Å². The van der Waals surface area contributed by atoms with Gasteiger partial charge in [-0.25, -0.2) is 4.68 Å². The largest absolute Gasteiger partial charge is 0.508 e. The maximum atomic E-state index is 15.6. The first kappa shape index (κ1) is 40.0. The second-order valence-corrected chi connectivity index (χ2v) is 16.7. The number of amides is 2. The molecule has 65 heavy (non-hydrogen) atoms. The van der Waals surface area contributed by atoms with Crippen molar-refractivity contribution < 1.29 is 29.0 Å². The molecule has 0 aliphatic carbocycles. The van der Waals surface area contributed by atoms with E-state index in [1.165, 1.54) is 0 Å². The zero-order valence-electron chi connectivity index (χ0n) is 35.1. The van der Waals surface area contributed by atoms with Crippen LogP contribution in [0, 0.1) is 17.8 Å². The van der Waals surface area contributed by atoms with Crippen LogP contribution in [0.15, 0.2) is 152 Å². The molecule has 13 nitrogen and oxygen atoms in total. The van der Waals surface area contributed by atoms with E-state index >= 15 is 14.4 Å². The Labute approximate surface area is 374 Å². The molecule has 0 radical (unpaired) electrons. The van der Waals surface area contributed by atoms with Crippen LogP contribution < -0.4 is 15.5 Å². The highest BCUT2D eigenvalue weighted by molar-refractivity contribution is 6.13. The topological polar surface area (TPSA) is 151 Å². The Balaban J connectivity index is 1.09. The first-order chi connectivity index (χ1) is 31.9. The number of nitrogens with one attached hydrogen (secondary N) is 2. The molecule has 1 spiro atoms. The SMILES string of the molecule is O=C1OC(c2ccccc2)C(c2ccccc2)N2C1C(C(=O)Nc1ccc(N3CCOCC3)cc1)C1(C(=O)Nc3ccc(C#CCn4nnc5ccccc54)cc31)C2c1ccc(O)cc1. The van der Waals surface area contributed by atoms with Crippen LogP contribution in [0.3, 0.4) is 0 Å². The van der Waals surface area contributed by atoms with E-state index in [9.17, 15) is 5.11 Å². The Kier molecular flexibility index (Phi) is 10.1. The molecule has 13 heteroatoms. The number of morpholine rings is 2. The number of hydrogen-bond donors (Lipinski definition) is 3. The minimum absolute atomic E-state index is 0.0287. The molecule has 4 aliphatic rings. The number of phenols is 1. The number of carbonyl (C=O) groups excluding carboxylic acids is 3. The van der Waals surface area contributed by atoms with E-state index in [0.717, 1.165) is 40.9 Å². The molecular weight excluding hydrogens is 819 g/mol. The van der Waals surface area contributed by atoms with Crippen molar-refractivity contribution >= 4 is 45.9 Å². The van der Waals surface area contributed by atoms with Gasteiger partial charge >= 0.3 is 5.97 Å². The molecule has 3 fully saturated rings. The Bertz CT molecular complexity index is 3000. The average molecular weight is 862 g/mol. The van der Waals surface area contributed by atoms with Crippen molar-refractivity contribution in [2.24, 2.45) is 5.92 Å². The van der Waals surface area contributed by atoms with Gasteiger partial charge in [-0.2, -0.15) is 0 Å². The Hall–Kier alpha value is -7.79. The molecule has 6 unspecified atom stereocenters. The molecule has 11 rings (SSSR count). The minimum Gasteiger partial charge on any atom is -0.508 e. The van der Waals surface area contributed by atoms with E-state index in [1.54, 1.807) is 35.0 Å². The third kappa shape index (κ3) is 6.86. The number of esters is 1. The summed E-state index contributed by atoms with van der Waals surface area (Å²) in [7, 11) is 0. The lowest BCUT2D eigenvalue weighted by molar-refractivity contribution is -0.177. The second-order valence-electron chi connectivity index (χ2n) is 16.7. The molecule has 3 N–H and O–H groups in total. The quantitative estimate of drug-likeness (QED) is 0.114. The van der Waals surface area contributed by atoms with Crippen LogP contribution in [0.1, 0.15) is 46.0 Å². The first-order valence-electron chi connectivity index (χ1n) is 21.7. The number of benzene rings is 6. The van der Waals surface area contributed by atoms with Crippen molar-refractivity contribution in [2.45, 2.75) is 36.2 Å². The van der Waals surface area contributed by atoms with Gasteiger partial charge in [0.2, 0.25) is 11.8 Å². The molecule has 7 aromatic rings. The number of carbonyl (C=O) groups is 3. The minimum atomic E-state index is -1.73. The molecule has 3 saturated heterocycles. The lowest BCUT2D eigenvalue weighted by atomic mass is 9.65. The third-order valence-corrected chi connectivity index (χ3v) is 13.2. The van der Waals surface area contributed by atoms with Crippen molar-refractivity contribution in [3.8, 4) is 17.6 Å². The molecule has 4 aliphatic heterocycles. The van der Waals surface area contributed by atoms with Crippen molar-refractivity contribution in [2.75, 3.05) is 41.8 Å². The van der Waals surface area contributed by atoms with Crippen molar-refractivity contribution in [1.29, 1.82) is 0 Å². The van der Waals surface area contributed by atoms with Gasteiger partial charge in [0, 0.05) is 35.7 Å². The standard InChI is InChI=1S/C52H43N7O6/c60-39-24-18-36(19-25-39)48-52(40-32-33(17-26-41(40)54-51(52)63)10-9-27-58-43-16-8-7-15-42(43)55-56-58)44(49(61)53-37-20-22-38(23-21-37)57-28-30-64-31-29-57)46-50(62)65-47(35-13-5-2-6-14-35)45(59(46)48)34-11-3-1-4-12-34/h1-8,11-26,32,44-48,60H,27-31H2,(H,53,61)(H,54,63). The highest BCUT2D eigenvalue weighted by Gasteiger charge is 2.74. The summed E-state index contributed by atoms with van der Waals surface area (Å²) in [5.74, 6) is 3.61. The monoisotopic (exact) mass is 861 g/mol. The summed E-state index contributed by atoms with van der Waals surface area (Å²) in [5.41, 5.74) is 5.21. The number of anilines is 3. The number of rotatable bonds is 7. The van der Waals surface area contributed by atoms with Gasteiger partial charge in [-0.15, -0.1) is 5.10 Å². The van der Waals surface area contributed by atoms with E-state index in [-0.39, 0.29) is 12.3 Å². The van der Waals surface area contributed by atoms with Crippen LogP contribution in [0.4, 0.5) is 17.1 Å². The van der Waals surface area contributed by atoms with Gasteiger partial charge in [-0.05, 0) is 89.0 Å². The number of hydrogen-bond acceptors (Lipinski definition) is 10. The molecule has 322 valence electrons. The summed E-state index contributed by atoms with van der Waals surface area (Å²) in [6, 6.07) is 43.8. The molecular formula is C52H43N7O6. The van der Waals surface area contributed by atoms with Crippen LogP contribution in [0.2, 0.25) is 0 Å². The Morgan fingerprint density at radius 3 is 2.26 bits per heavy atom. The lowest BCUT2D eigenvalue weighted by Crippen LogP contribution is -2.53. The van der Waals surface area contributed by atoms with Gasteiger partial charge < -0.3 is 30.1 Å². The zero-order valence-corrected chi connectivity index (χ0v) is 35.1. The normalized spacial score (nSPS) is 23.6. The van der Waals surface area contributed by atoms with Crippen LogP contribution in [0.25, 0.3) is 11.0 Å². The molecule has 6 atom stereocenters. The van der Waals surface area contributed by atoms with Crippen LogP contribution in [-0.4, -0.2) is 75.1 Å². The van der Waals surface area contributed by atoms with Gasteiger partial charge in [0.25, 0.3) is 0 Å². The molecule has 0 saturated carbocycles. The summed E-state index contributed by atoms with van der Waals surface area (Å²) >= 11 is 0. The van der Waals surface area contributed by atoms with Gasteiger partial charge in [-0.3, -0.25) is 19.3 Å². The molecule has 1 aromatic heterocycles. The predicted molar refractivity (Wildman–Crippen MR) is 244 cm³/mol. The first-order valence-corrected chi connectivity index (χ1v) is 21.7. The predicted octanol–water partition coefficient (Wildman–Crippen LogP) is 6.93. The fraction of sp³-hybridized carbons (Fsp3) is 0.212. The van der Waals surface area contributed by atoms with Crippen molar-refractivity contribution in [3.63, 3.8) is 0 Å². The molecule has 6 aromatic carbocycles. The van der Waals surface area contributed by atoms with Crippen molar-refractivity contribution in [1.82, 2.24) is 19.9 Å². The number of ether oxygens (including phenoxy) is 2. The summed E-state index contributed by atoms with van der Waals surface area (Å²) in [4.78, 5) is 50.6. The van der Waals surface area contributed by atoms with E-state index in [2.05, 4.69) is 37.7 Å². The van der Waals surface area contributed by atoms with E-state index in [0.29, 0.717) is 41.3 Å². The van der Waals surface area contributed by atoms with Crippen LogP contribution >= 0.6 is 0 Å². The number of cyclic esters (lactones) is 1. The van der Waals surface area contributed by atoms with Crippen LogP contribution in [-0.2, 0) is 35.8 Å². The maximum Gasteiger partial charge on any atom is 0.324 e. The number of aromatic hydroxyl groups is 1. The summed E-state index contributed by atoms with van der Waals surface area (Å²) in [5, 5.41) is 25.5. The van der Waals surface area contributed by atoms with Crippen molar-refractivity contribution in [3.05, 3.63) is 179 Å². The highest BCUT2D eigenvalue weighted by atomic mass is 16.6. The van der Waals surface area contributed by atoms with E-state index in [1.807, 2.05) is 126 Å². The summed E-state index contributed by atoms with van der Waals surface area (Å²) < 4.78 is 13.8. The fourth-order valence-corrected chi connectivity index (χ4v) is 10.4. The molecule has 5 heterocycles. The number of phenolic OH excluding ortho intramolecular Hbond substituents is 1. The zero-order chi connectivity index (χ0) is 44.1. The highest BCUT2D eigenvalue weighted by Crippen LogP contribution is 2.65.